The number of thiophene rings is 1. The SMILES string of the molecule is CC(C)N(Cc1cc(C(=O)O)cs1)C(C)C. The van der Waals surface area contributed by atoms with Crippen LogP contribution in [0.5, 0.6) is 0 Å². The predicted molar refractivity (Wildman–Crippen MR) is 67.1 cm³/mol. The summed E-state index contributed by atoms with van der Waals surface area (Å²) in [5.41, 5.74) is 0.396. The molecule has 0 atom stereocenters. The molecule has 1 aromatic rings. The highest BCUT2D eigenvalue weighted by molar-refractivity contribution is 7.10. The van der Waals surface area contributed by atoms with Crippen LogP contribution in [0.15, 0.2) is 11.4 Å². The summed E-state index contributed by atoms with van der Waals surface area (Å²) in [5.74, 6) is -0.844. The van der Waals surface area contributed by atoms with Crippen LogP contribution in [0.3, 0.4) is 0 Å². The number of aromatic carboxylic acids is 1. The van der Waals surface area contributed by atoms with Crippen molar-refractivity contribution < 1.29 is 9.90 Å². The molecule has 0 aliphatic rings. The fourth-order valence-corrected chi connectivity index (χ4v) is 2.58. The fourth-order valence-electron chi connectivity index (χ4n) is 1.72. The molecular formula is C12H19NO2S. The zero-order valence-electron chi connectivity index (χ0n) is 10.2. The van der Waals surface area contributed by atoms with Crippen LogP contribution in [0, 0.1) is 0 Å². The Bertz CT molecular complexity index is 350. The molecule has 0 unspecified atom stereocenters. The van der Waals surface area contributed by atoms with Crippen LogP contribution >= 0.6 is 11.3 Å². The van der Waals surface area contributed by atoms with E-state index < -0.39 is 5.97 Å². The molecule has 0 fully saturated rings. The molecule has 0 aromatic carbocycles. The van der Waals surface area contributed by atoms with Crippen LogP contribution in [0.4, 0.5) is 0 Å². The zero-order valence-corrected chi connectivity index (χ0v) is 11.0. The number of rotatable bonds is 5. The first-order chi connectivity index (χ1) is 7.41. The van der Waals surface area contributed by atoms with Crippen molar-refractivity contribution in [2.24, 2.45) is 0 Å². The normalized spacial score (nSPS) is 11.7. The summed E-state index contributed by atoms with van der Waals surface area (Å²) in [6, 6.07) is 2.70. The maximum absolute atomic E-state index is 10.8. The minimum atomic E-state index is -0.844. The summed E-state index contributed by atoms with van der Waals surface area (Å²) < 4.78 is 0. The number of carboxylic acid groups (broad SMARTS) is 1. The van der Waals surface area contributed by atoms with Gasteiger partial charge in [-0.3, -0.25) is 4.90 Å². The highest BCUT2D eigenvalue weighted by atomic mass is 32.1. The summed E-state index contributed by atoms with van der Waals surface area (Å²) in [6.07, 6.45) is 0. The van der Waals surface area contributed by atoms with E-state index in [0.29, 0.717) is 17.6 Å². The maximum Gasteiger partial charge on any atom is 0.336 e. The zero-order chi connectivity index (χ0) is 12.3. The molecule has 0 aliphatic carbocycles. The quantitative estimate of drug-likeness (QED) is 0.861. The number of hydrogen-bond acceptors (Lipinski definition) is 3. The first-order valence-corrected chi connectivity index (χ1v) is 6.36. The molecule has 0 aliphatic heterocycles. The van der Waals surface area contributed by atoms with E-state index in [-0.39, 0.29) is 0 Å². The van der Waals surface area contributed by atoms with Crippen molar-refractivity contribution in [2.75, 3.05) is 0 Å². The smallest absolute Gasteiger partial charge is 0.336 e. The fraction of sp³-hybridized carbons (Fsp3) is 0.583. The second kappa shape index (κ2) is 5.46. The van der Waals surface area contributed by atoms with Gasteiger partial charge in [0.2, 0.25) is 0 Å². The Morgan fingerprint density at radius 3 is 2.31 bits per heavy atom. The van der Waals surface area contributed by atoms with Crippen LogP contribution < -0.4 is 0 Å². The molecule has 0 spiro atoms. The van der Waals surface area contributed by atoms with Crippen molar-refractivity contribution in [3.05, 3.63) is 21.9 Å². The second-order valence-electron chi connectivity index (χ2n) is 4.47. The Morgan fingerprint density at radius 2 is 1.94 bits per heavy atom. The predicted octanol–water partition coefficient (Wildman–Crippen LogP) is 3.07. The lowest BCUT2D eigenvalue weighted by Crippen LogP contribution is -2.36. The molecule has 1 N–H and O–H groups in total. The molecule has 1 heterocycles. The van der Waals surface area contributed by atoms with Crippen molar-refractivity contribution in [2.45, 2.75) is 46.3 Å². The van der Waals surface area contributed by atoms with Crippen molar-refractivity contribution in [3.63, 3.8) is 0 Å². The second-order valence-corrected chi connectivity index (χ2v) is 5.46. The monoisotopic (exact) mass is 241 g/mol. The lowest BCUT2D eigenvalue weighted by atomic mass is 10.2. The van der Waals surface area contributed by atoms with Crippen LogP contribution in [-0.4, -0.2) is 28.1 Å². The topological polar surface area (TPSA) is 40.5 Å². The van der Waals surface area contributed by atoms with Crippen LogP contribution in [0.1, 0.15) is 42.9 Å². The molecule has 16 heavy (non-hydrogen) atoms. The van der Waals surface area contributed by atoms with Crippen molar-refractivity contribution in [1.29, 1.82) is 0 Å². The summed E-state index contributed by atoms with van der Waals surface area (Å²) in [7, 11) is 0. The van der Waals surface area contributed by atoms with Gasteiger partial charge in [-0.2, -0.15) is 0 Å². The van der Waals surface area contributed by atoms with Gasteiger partial charge in [0.1, 0.15) is 0 Å². The Kier molecular flexibility index (Phi) is 4.50. The Labute approximate surface area is 101 Å². The van der Waals surface area contributed by atoms with Gasteiger partial charge in [0, 0.05) is 28.9 Å². The largest absolute Gasteiger partial charge is 0.478 e. The third-order valence-electron chi connectivity index (χ3n) is 2.57. The minimum absolute atomic E-state index is 0.396. The molecule has 4 heteroatoms. The third kappa shape index (κ3) is 3.32. The molecule has 0 amide bonds. The molecule has 0 bridgehead atoms. The average Bonchev–Trinajstić information content (AvgIpc) is 2.61. The first-order valence-electron chi connectivity index (χ1n) is 5.48. The third-order valence-corrected chi connectivity index (χ3v) is 3.49. The van der Waals surface area contributed by atoms with Crippen LogP contribution in [0.25, 0.3) is 0 Å². The van der Waals surface area contributed by atoms with Gasteiger partial charge < -0.3 is 5.11 Å². The van der Waals surface area contributed by atoms with Gasteiger partial charge in [0.15, 0.2) is 0 Å². The molecule has 0 radical (unpaired) electrons. The number of nitrogens with zero attached hydrogens (tertiary/aromatic N) is 1. The van der Waals surface area contributed by atoms with Gasteiger partial charge in [-0.1, -0.05) is 0 Å². The van der Waals surface area contributed by atoms with Crippen molar-refractivity contribution in [1.82, 2.24) is 4.90 Å². The Morgan fingerprint density at radius 1 is 1.38 bits per heavy atom. The Hall–Kier alpha value is -0.870. The van der Waals surface area contributed by atoms with E-state index in [2.05, 4.69) is 32.6 Å². The van der Waals surface area contributed by atoms with Gasteiger partial charge in [-0.25, -0.2) is 4.79 Å². The lowest BCUT2D eigenvalue weighted by Gasteiger charge is -2.29. The highest BCUT2D eigenvalue weighted by Gasteiger charge is 2.15. The van der Waals surface area contributed by atoms with E-state index >= 15 is 0 Å². The summed E-state index contributed by atoms with van der Waals surface area (Å²) in [4.78, 5) is 14.2. The minimum Gasteiger partial charge on any atom is -0.478 e. The van der Waals surface area contributed by atoms with E-state index in [1.54, 1.807) is 11.4 Å². The van der Waals surface area contributed by atoms with Gasteiger partial charge in [-0.05, 0) is 33.8 Å². The summed E-state index contributed by atoms with van der Waals surface area (Å²) >= 11 is 1.52. The van der Waals surface area contributed by atoms with Gasteiger partial charge in [-0.15, -0.1) is 11.3 Å². The molecule has 0 saturated heterocycles. The van der Waals surface area contributed by atoms with E-state index in [0.717, 1.165) is 11.4 Å². The maximum atomic E-state index is 10.8. The summed E-state index contributed by atoms with van der Waals surface area (Å²) in [5, 5.41) is 10.5. The van der Waals surface area contributed by atoms with Gasteiger partial charge in [0.05, 0.1) is 5.56 Å². The standard InChI is InChI=1S/C12H19NO2S/c1-8(2)13(9(3)4)6-11-5-10(7-16-11)12(14)15/h5,7-9H,6H2,1-4H3,(H,14,15). The van der Waals surface area contributed by atoms with Crippen molar-refractivity contribution in [3.8, 4) is 0 Å². The van der Waals surface area contributed by atoms with Gasteiger partial charge in [0.25, 0.3) is 0 Å². The average molecular weight is 241 g/mol. The molecule has 1 rings (SSSR count). The molecular weight excluding hydrogens is 222 g/mol. The lowest BCUT2D eigenvalue weighted by molar-refractivity contribution is 0.0697. The van der Waals surface area contributed by atoms with E-state index in [1.807, 2.05) is 0 Å². The Balaban J connectivity index is 2.74. The number of carboxylic acids is 1. The highest BCUT2D eigenvalue weighted by Crippen LogP contribution is 2.19. The van der Waals surface area contributed by atoms with Crippen LogP contribution in [0.2, 0.25) is 0 Å². The molecule has 3 nitrogen and oxygen atoms in total. The number of hydrogen-bond donors (Lipinski definition) is 1. The summed E-state index contributed by atoms with van der Waals surface area (Å²) in [6.45, 7) is 9.46. The number of carbonyl (C=O) groups is 1. The molecule has 1 aromatic heterocycles. The van der Waals surface area contributed by atoms with Gasteiger partial charge >= 0.3 is 5.97 Å². The van der Waals surface area contributed by atoms with E-state index in [9.17, 15) is 4.79 Å². The van der Waals surface area contributed by atoms with E-state index in [1.165, 1.54) is 11.3 Å². The van der Waals surface area contributed by atoms with E-state index in [4.69, 9.17) is 5.11 Å². The van der Waals surface area contributed by atoms with Crippen LogP contribution in [-0.2, 0) is 6.54 Å². The molecule has 90 valence electrons. The molecule has 0 saturated carbocycles. The van der Waals surface area contributed by atoms with Crippen molar-refractivity contribution >= 4 is 17.3 Å². The first kappa shape index (κ1) is 13.2.